The molecule has 0 N–H and O–H groups in total. The number of aromatic nitrogens is 3. The molecule has 0 aliphatic heterocycles. The van der Waals surface area contributed by atoms with Gasteiger partial charge in [-0.05, 0) is 25.1 Å². The summed E-state index contributed by atoms with van der Waals surface area (Å²) in [5, 5.41) is 5.83. The maximum Gasteiger partial charge on any atom is 0.367 e. The molecule has 0 aliphatic rings. The lowest BCUT2D eigenvalue weighted by Gasteiger charge is -2.08. The summed E-state index contributed by atoms with van der Waals surface area (Å²) in [5.41, 5.74) is 0.0398. The van der Waals surface area contributed by atoms with Crippen molar-refractivity contribution in [2.45, 2.75) is 20.1 Å². The van der Waals surface area contributed by atoms with Crippen molar-refractivity contribution in [3.8, 4) is 5.75 Å². The first-order chi connectivity index (χ1) is 14.6. The smallest absolute Gasteiger partial charge is 0.367 e. The van der Waals surface area contributed by atoms with Crippen LogP contribution in [-0.2, 0) is 22.6 Å². The van der Waals surface area contributed by atoms with E-state index in [0.29, 0.717) is 11.4 Å². The number of carbonyl (C=O) groups is 2. The van der Waals surface area contributed by atoms with Crippen molar-refractivity contribution in [1.82, 2.24) is 14.8 Å². The van der Waals surface area contributed by atoms with E-state index in [9.17, 15) is 14.4 Å². The third-order valence-electron chi connectivity index (χ3n) is 3.74. The fraction of sp³-hybridized carbons (Fsp3) is 0.250. The first-order valence-corrected chi connectivity index (χ1v) is 9.99. The molecule has 9 nitrogen and oxygen atoms in total. The molecule has 0 spiro atoms. The molecule has 0 aliphatic carbocycles. The molecule has 2 heterocycles. The molecule has 2 aromatic heterocycles. The van der Waals surface area contributed by atoms with E-state index in [0.717, 1.165) is 16.0 Å². The van der Waals surface area contributed by atoms with Gasteiger partial charge < -0.3 is 14.2 Å². The zero-order valence-corrected chi connectivity index (χ0v) is 17.0. The summed E-state index contributed by atoms with van der Waals surface area (Å²) in [6, 6.07) is 11.7. The number of esters is 2. The first kappa shape index (κ1) is 21.2. The van der Waals surface area contributed by atoms with Gasteiger partial charge in [0.2, 0.25) is 5.01 Å². The average molecular weight is 429 g/mol. The van der Waals surface area contributed by atoms with E-state index < -0.39 is 11.9 Å². The second-order valence-electron chi connectivity index (χ2n) is 5.88. The lowest BCUT2D eigenvalue weighted by Crippen LogP contribution is -2.27. The maximum atomic E-state index is 12.3. The molecule has 3 rings (SSSR count). The number of ether oxygens (including phenoxy) is 3. The number of benzene rings is 1. The fourth-order valence-corrected chi connectivity index (χ4v) is 3.05. The standard InChI is InChI=1S/C20H19N3O6S/c1-2-27-20(26)18-21-14(13-30-18)12-29-19(25)16-8-9-17(24)23(22-16)10-11-28-15-6-4-3-5-7-15/h3-9,13H,2,10-12H2,1H3. The monoisotopic (exact) mass is 429 g/mol. The molecule has 0 saturated heterocycles. The molecule has 3 aromatic rings. The SMILES string of the molecule is CCOC(=O)c1nc(COC(=O)c2ccc(=O)n(CCOc3ccccc3)n2)cs1. The molecule has 0 saturated carbocycles. The predicted octanol–water partition coefficient (Wildman–Crippen LogP) is 2.31. The van der Waals surface area contributed by atoms with E-state index >= 15 is 0 Å². The van der Waals surface area contributed by atoms with Crippen LogP contribution in [0.15, 0.2) is 52.6 Å². The normalized spacial score (nSPS) is 10.4. The van der Waals surface area contributed by atoms with Gasteiger partial charge >= 0.3 is 11.9 Å². The van der Waals surface area contributed by atoms with Gasteiger partial charge in [0, 0.05) is 11.4 Å². The number of carbonyl (C=O) groups excluding carboxylic acids is 2. The lowest BCUT2D eigenvalue weighted by molar-refractivity contribution is 0.0457. The van der Waals surface area contributed by atoms with Gasteiger partial charge in [-0.1, -0.05) is 18.2 Å². The van der Waals surface area contributed by atoms with Gasteiger partial charge in [-0.2, -0.15) is 5.10 Å². The summed E-state index contributed by atoms with van der Waals surface area (Å²) < 4.78 is 16.7. The highest BCUT2D eigenvalue weighted by molar-refractivity contribution is 7.11. The van der Waals surface area contributed by atoms with Gasteiger partial charge in [-0.25, -0.2) is 19.3 Å². The molecule has 1 aromatic carbocycles. The van der Waals surface area contributed by atoms with Crippen molar-refractivity contribution < 1.29 is 23.8 Å². The molecule has 30 heavy (non-hydrogen) atoms. The summed E-state index contributed by atoms with van der Waals surface area (Å²) in [4.78, 5) is 39.9. The Morgan fingerprint density at radius 1 is 1.07 bits per heavy atom. The highest BCUT2D eigenvalue weighted by Crippen LogP contribution is 2.13. The Morgan fingerprint density at radius 3 is 2.63 bits per heavy atom. The number of hydrogen-bond acceptors (Lipinski definition) is 9. The average Bonchev–Trinajstić information content (AvgIpc) is 3.23. The van der Waals surface area contributed by atoms with E-state index in [1.165, 1.54) is 12.1 Å². The Balaban J connectivity index is 1.56. The zero-order valence-electron chi connectivity index (χ0n) is 16.1. The van der Waals surface area contributed by atoms with Crippen LogP contribution in [0.1, 0.15) is 32.9 Å². The Labute approximate surface area is 175 Å². The maximum absolute atomic E-state index is 12.3. The molecular weight excluding hydrogens is 410 g/mol. The Morgan fingerprint density at radius 2 is 1.87 bits per heavy atom. The molecule has 156 valence electrons. The molecule has 0 radical (unpaired) electrons. The molecule has 0 unspecified atom stereocenters. The second-order valence-corrected chi connectivity index (χ2v) is 6.74. The minimum Gasteiger partial charge on any atom is -0.492 e. The fourth-order valence-electron chi connectivity index (χ4n) is 2.36. The molecule has 0 amide bonds. The van der Waals surface area contributed by atoms with E-state index in [1.54, 1.807) is 24.4 Å². The van der Waals surface area contributed by atoms with Crippen LogP contribution >= 0.6 is 11.3 Å². The van der Waals surface area contributed by atoms with Crippen LogP contribution in [-0.4, -0.2) is 39.9 Å². The van der Waals surface area contributed by atoms with Crippen LogP contribution in [0.3, 0.4) is 0 Å². The topological polar surface area (TPSA) is 110 Å². The summed E-state index contributed by atoms with van der Waals surface area (Å²) in [6.07, 6.45) is 0. The summed E-state index contributed by atoms with van der Waals surface area (Å²) in [6.45, 7) is 2.20. The van der Waals surface area contributed by atoms with Crippen LogP contribution in [0.2, 0.25) is 0 Å². The Bertz CT molecular complexity index is 1060. The highest BCUT2D eigenvalue weighted by Gasteiger charge is 2.15. The van der Waals surface area contributed by atoms with Gasteiger partial charge in [0.1, 0.15) is 19.0 Å². The Hall–Kier alpha value is -3.53. The summed E-state index contributed by atoms with van der Waals surface area (Å²) in [7, 11) is 0. The Kier molecular flexibility index (Phi) is 7.28. The largest absolute Gasteiger partial charge is 0.492 e. The van der Waals surface area contributed by atoms with Crippen LogP contribution in [0.5, 0.6) is 5.75 Å². The van der Waals surface area contributed by atoms with Crippen LogP contribution in [0, 0.1) is 0 Å². The van der Waals surface area contributed by atoms with Gasteiger partial charge in [-0.3, -0.25) is 4.79 Å². The van der Waals surface area contributed by atoms with E-state index in [-0.39, 0.29) is 42.6 Å². The van der Waals surface area contributed by atoms with Crippen LogP contribution < -0.4 is 10.3 Å². The van der Waals surface area contributed by atoms with E-state index in [1.807, 2.05) is 18.2 Å². The van der Waals surface area contributed by atoms with Crippen molar-refractivity contribution in [1.29, 1.82) is 0 Å². The third-order valence-corrected chi connectivity index (χ3v) is 4.61. The quantitative estimate of drug-likeness (QED) is 0.477. The first-order valence-electron chi connectivity index (χ1n) is 9.11. The predicted molar refractivity (Wildman–Crippen MR) is 108 cm³/mol. The minimum absolute atomic E-state index is 0.0184. The van der Waals surface area contributed by atoms with Crippen molar-refractivity contribution in [2.75, 3.05) is 13.2 Å². The molecule has 0 fully saturated rings. The number of nitrogens with zero attached hydrogens (tertiary/aromatic N) is 3. The molecule has 0 bridgehead atoms. The lowest BCUT2D eigenvalue weighted by atomic mass is 10.3. The van der Waals surface area contributed by atoms with Crippen molar-refractivity contribution in [3.63, 3.8) is 0 Å². The molecule has 10 heteroatoms. The van der Waals surface area contributed by atoms with Crippen molar-refractivity contribution in [3.05, 3.63) is 74.6 Å². The number of para-hydroxylation sites is 1. The van der Waals surface area contributed by atoms with E-state index in [4.69, 9.17) is 14.2 Å². The summed E-state index contributed by atoms with van der Waals surface area (Å²) in [5.74, 6) is -0.559. The van der Waals surface area contributed by atoms with Gasteiger partial charge in [-0.15, -0.1) is 11.3 Å². The zero-order chi connectivity index (χ0) is 21.3. The third kappa shape index (κ3) is 5.74. The number of rotatable bonds is 9. The number of hydrogen-bond donors (Lipinski definition) is 0. The molecular formula is C20H19N3O6S. The van der Waals surface area contributed by atoms with Crippen LogP contribution in [0.4, 0.5) is 0 Å². The van der Waals surface area contributed by atoms with Gasteiger partial charge in [0.05, 0.1) is 18.8 Å². The highest BCUT2D eigenvalue weighted by atomic mass is 32.1. The van der Waals surface area contributed by atoms with E-state index in [2.05, 4.69) is 10.1 Å². The van der Waals surface area contributed by atoms with Crippen molar-refractivity contribution >= 4 is 23.3 Å². The van der Waals surface area contributed by atoms with Gasteiger partial charge in [0.15, 0.2) is 5.69 Å². The summed E-state index contributed by atoms with van der Waals surface area (Å²) >= 11 is 1.10. The van der Waals surface area contributed by atoms with Crippen molar-refractivity contribution in [2.24, 2.45) is 0 Å². The van der Waals surface area contributed by atoms with Gasteiger partial charge in [0.25, 0.3) is 5.56 Å². The number of thiazole rings is 1. The minimum atomic E-state index is -0.710. The second kappa shape index (κ2) is 10.3. The molecule has 0 atom stereocenters. The van der Waals surface area contributed by atoms with Crippen LogP contribution in [0.25, 0.3) is 0 Å².